The number of amides is 1. The summed E-state index contributed by atoms with van der Waals surface area (Å²) in [5.41, 5.74) is 7.09. The average molecular weight is 338 g/mol. The SMILES string of the molecule is CC(N)(C(=O)Nc1nc2c(s1)CCCC2)c1ccccc1.Cl. The largest absolute Gasteiger partial charge is 0.314 e. The van der Waals surface area contributed by atoms with Gasteiger partial charge in [-0.2, -0.15) is 0 Å². The van der Waals surface area contributed by atoms with Crippen LogP contribution in [0.4, 0.5) is 5.13 Å². The number of carbonyl (C=O) groups excluding carboxylic acids is 1. The van der Waals surface area contributed by atoms with Gasteiger partial charge in [0.2, 0.25) is 0 Å². The fourth-order valence-corrected chi connectivity index (χ4v) is 3.59. The van der Waals surface area contributed by atoms with Crippen molar-refractivity contribution in [3.63, 3.8) is 0 Å². The Hall–Kier alpha value is -1.43. The molecule has 2 aromatic rings. The van der Waals surface area contributed by atoms with Gasteiger partial charge in [-0.15, -0.1) is 23.7 Å². The fraction of sp³-hybridized carbons (Fsp3) is 0.375. The number of hydrogen-bond donors (Lipinski definition) is 2. The number of thiazole rings is 1. The third-order valence-electron chi connectivity index (χ3n) is 3.91. The van der Waals surface area contributed by atoms with Crippen LogP contribution in [0.1, 0.15) is 35.9 Å². The minimum Gasteiger partial charge on any atom is -0.314 e. The van der Waals surface area contributed by atoms with Crippen LogP contribution in [0.2, 0.25) is 0 Å². The lowest BCUT2D eigenvalue weighted by atomic mass is 9.92. The van der Waals surface area contributed by atoms with Crippen molar-refractivity contribution < 1.29 is 4.79 Å². The summed E-state index contributed by atoms with van der Waals surface area (Å²) in [6.07, 6.45) is 4.48. The highest BCUT2D eigenvalue weighted by atomic mass is 35.5. The standard InChI is InChI=1S/C16H19N3OS.ClH/c1-16(17,11-7-3-2-4-8-11)14(20)19-15-18-12-9-5-6-10-13(12)21-15;/h2-4,7-8H,5-6,9-10,17H2,1H3,(H,18,19,20);1H. The Labute approximate surface area is 140 Å². The van der Waals surface area contributed by atoms with Gasteiger partial charge >= 0.3 is 0 Å². The lowest BCUT2D eigenvalue weighted by molar-refractivity contribution is -0.120. The normalized spacial score (nSPS) is 16.1. The van der Waals surface area contributed by atoms with Crippen LogP contribution in [0.25, 0.3) is 0 Å². The topological polar surface area (TPSA) is 68.0 Å². The van der Waals surface area contributed by atoms with E-state index in [0.29, 0.717) is 5.13 Å². The second-order valence-corrected chi connectivity index (χ2v) is 6.70. The van der Waals surface area contributed by atoms with E-state index >= 15 is 0 Å². The van der Waals surface area contributed by atoms with Crippen LogP contribution in [0.5, 0.6) is 0 Å². The van der Waals surface area contributed by atoms with Crippen LogP contribution < -0.4 is 11.1 Å². The predicted octanol–water partition coefficient (Wildman–Crippen LogP) is 3.26. The maximum Gasteiger partial charge on any atom is 0.250 e. The highest BCUT2D eigenvalue weighted by Gasteiger charge is 2.31. The summed E-state index contributed by atoms with van der Waals surface area (Å²) in [4.78, 5) is 18.3. The number of aryl methyl sites for hydroxylation is 2. The van der Waals surface area contributed by atoms with Crippen molar-refractivity contribution in [2.24, 2.45) is 5.73 Å². The maximum atomic E-state index is 12.5. The summed E-state index contributed by atoms with van der Waals surface area (Å²) < 4.78 is 0. The molecular weight excluding hydrogens is 318 g/mol. The molecule has 0 radical (unpaired) electrons. The van der Waals surface area contributed by atoms with Gasteiger partial charge in [0.05, 0.1) is 5.69 Å². The molecule has 3 N–H and O–H groups in total. The number of aromatic nitrogens is 1. The molecule has 0 saturated carbocycles. The molecule has 1 unspecified atom stereocenters. The van der Waals surface area contributed by atoms with Crippen LogP contribution in [-0.4, -0.2) is 10.9 Å². The summed E-state index contributed by atoms with van der Waals surface area (Å²) in [5, 5.41) is 3.55. The Morgan fingerprint density at radius 3 is 2.64 bits per heavy atom. The van der Waals surface area contributed by atoms with Crippen LogP contribution in [0.3, 0.4) is 0 Å². The Bertz CT molecular complexity index is 631. The first-order valence-corrected chi connectivity index (χ1v) is 8.03. The zero-order valence-electron chi connectivity index (χ0n) is 12.5. The van der Waals surface area contributed by atoms with Crippen molar-refractivity contribution in [3.05, 3.63) is 46.5 Å². The number of nitrogens with zero attached hydrogens (tertiary/aromatic N) is 1. The number of fused-ring (bicyclic) bond motifs is 1. The van der Waals surface area contributed by atoms with E-state index in [1.165, 1.54) is 17.7 Å². The molecule has 0 aliphatic heterocycles. The van der Waals surface area contributed by atoms with E-state index in [9.17, 15) is 4.79 Å². The van der Waals surface area contributed by atoms with Crippen LogP contribution >= 0.6 is 23.7 Å². The minimum absolute atomic E-state index is 0. The molecule has 0 spiro atoms. The van der Waals surface area contributed by atoms with Gasteiger partial charge in [0, 0.05) is 4.88 Å². The summed E-state index contributed by atoms with van der Waals surface area (Å²) in [5.74, 6) is -0.222. The van der Waals surface area contributed by atoms with E-state index in [0.717, 1.165) is 24.1 Å². The zero-order valence-corrected chi connectivity index (χ0v) is 14.1. The third-order valence-corrected chi connectivity index (χ3v) is 4.98. The molecule has 1 aliphatic carbocycles. The van der Waals surface area contributed by atoms with Gasteiger partial charge in [-0.1, -0.05) is 30.3 Å². The summed E-state index contributed by atoms with van der Waals surface area (Å²) in [6, 6.07) is 9.41. The van der Waals surface area contributed by atoms with Crippen LogP contribution in [-0.2, 0) is 23.2 Å². The second kappa shape index (κ2) is 6.77. The van der Waals surface area contributed by atoms with Gasteiger partial charge in [0.25, 0.3) is 5.91 Å². The maximum absolute atomic E-state index is 12.5. The van der Waals surface area contributed by atoms with Gasteiger partial charge in [0.15, 0.2) is 5.13 Å². The lowest BCUT2D eigenvalue weighted by Gasteiger charge is -2.23. The molecule has 0 bridgehead atoms. The molecule has 1 atom stereocenters. The van der Waals surface area contributed by atoms with Crippen molar-refractivity contribution in [3.8, 4) is 0 Å². The van der Waals surface area contributed by atoms with Crippen LogP contribution in [0, 0.1) is 0 Å². The highest BCUT2D eigenvalue weighted by Crippen LogP contribution is 2.30. The minimum atomic E-state index is -1.06. The lowest BCUT2D eigenvalue weighted by Crippen LogP contribution is -2.45. The second-order valence-electron chi connectivity index (χ2n) is 5.62. The van der Waals surface area contributed by atoms with Crippen molar-refractivity contribution in [2.75, 3.05) is 5.32 Å². The molecule has 4 nitrogen and oxygen atoms in total. The number of halogens is 1. The van der Waals surface area contributed by atoms with Crippen LogP contribution in [0.15, 0.2) is 30.3 Å². The Balaban J connectivity index is 0.00000176. The van der Waals surface area contributed by atoms with Gasteiger partial charge < -0.3 is 11.1 Å². The molecule has 3 rings (SSSR count). The number of carbonyl (C=O) groups is 1. The first-order chi connectivity index (χ1) is 10.1. The van der Waals surface area contributed by atoms with Crippen molar-refractivity contribution in [1.82, 2.24) is 4.98 Å². The van der Waals surface area contributed by atoms with E-state index in [2.05, 4.69) is 10.3 Å². The molecule has 0 saturated heterocycles. The number of rotatable bonds is 3. The Kier molecular flexibility index (Phi) is 5.21. The first-order valence-electron chi connectivity index (χ1n) is 7.22. The van der Waals surface area contributed by atoms with E-state index < -0.39 is 5.54 Å². The van der Waals surface area contributed by atoms with E-state index in [1.807, 2.05) is 30.3 Å². The monoisotopic (exact) mass is 337 g/mol. The number of benzene rings is 1. The van der Waals surface area contributed by atoms with Crippen molar-refractivity contribution in [2.45, 2.75) is 38.1 Å². The Morgan fingerprint density at radius 1 is 1.27 bits per heavy atom. The fourth-order valence-electron chi connectivity index (χ4n) is 2.55. The third kappa shape index (κ3) is 3.32. The number of anilines is 1. The molecular formula is C16H20ClN3OS. The highest BCUT2D eigenvalue weighted by molar-refractivity contribution is 7.15. The molecule has 0 fully saturated rings. The smallest absolute Gasteiger partial charge is 0.250 e. The molecule has 6 heteroatoms. The van der Waals surface area contributed by atoms with Gasteiger partial charge in [0.1, 0.15) is 5.54 Å². The summed E-state index contributed by atoms with van der Waals surface area (Å²) in [7, 11) is 0. The first kappa shape index (κ1) is 16.9. The van der Waals surface area contributed by atoms with E-state index in [-0.39, 0.29) is 18.3 Å². The number of nitrogens with two attached hydrogens (primary N) is 1. The summed E-state index contributed by atoms with van der Waals surface area (Å²) in [6.45, 7) is 1.73. The van der Waals surface area contributed by atoms with Crippen molar-refractivity contribution >= 4 is 34.8 Å². The van der Waals surface area contributed by atoms with Gasteiger partial charge in [-0.25, -0.2) is 4.98 Å². The zero-order chi connectivity index (χ0) is 14.9. The summed E-state index contributed by atoms with van der Waals surface area (Å²) >= 11 is 1.58. The Morgan fingerprint density at radius 2 is 1.95 bits per heavy atom. The molecule has 118 valence electrons. The van der Waals surface area contributed by atoms with Gasteiger partial charge in [-0.3, -0.25) is 4.79 Å². The van der Waals surface area contributed by atoms with Gasteiger partial charge in [-0.05, 0) is 38.2 Å². The van der Waals surface area contributed by atoms with Crippen molar-refractivity contribution in [1.29, 1.82) is 0 Å². The number of hydrogen-bond acceptors (Lipinski definition) is 4. The number of nitrogens with one attached hydrogen (secondary N) is 1. The molecule has 1 amide bonds. The molecule has 1 heterocycles. The van der Waals surface area contributed by atoms with E-state index in [1.54, 1.807) is 18.3 Å². The molecule has 22 heavy (non-hydrogen) atoms. The average Bonchev–Trinajstić information content (AvgIpc) is 2.90. The van der Waals surface area contributed by atoms with E-state index in [4.69, 9.17) is 5.73 Å². The quantitative estimate of drug-likeness (QED) is 0.903. The molecule has 1 aromatic carbocycles. The molecule has 1 aromatic heterocycles. The molecule has 1 aliphatic rings. The predicted molar refractivity (Wildman–Crippen MR) is 92.6 cm³/mol.